The monoisotopic (exact) mass is 270 g/mol. The normalized spacial score (nSPS) is 27.3. The Hall–Kier alpha value is -1.80. The van der Waals surface area contributed by atoms with Crippen molar-refractivity contribution < 1.29 is 19.2 Å². The third-order valence-electron chi connectivity index (χ3n) is 2.78. The van der Waals surface area contributed by atoms with Crippen LogP contribution in [0.3, 0.4) is 0 Å². The molecule has 106 valence electrons. The van der Waals surface area contributed by atoms with Gasteiger partial charge >= 0.3 is 0 Å². The van der Waals surface area contributed by atoms with E-state index >= 15 is 0 Å². The SMILES string of the molecule is NC1CC(=O)NCNC(=O)CCC(C=O)NCC1=O. The van der Waals surface area contributed by atoms with E-state index in [4.69, 9.17) is 5.73 Å². The molecule has 1 fully saturated rings. The lowest BCUT2D eigenvalue weighted by atomic mass is 10.1. The van der Waals surface area contributed by atoms with E-state index in [1.807, 2.05) is 0 Å². The Labute approximate surface area is 110 Å². The molecule has 5 N–H and O–H groups in total. The van der Waals surface area contributed by atoms with Crippen LogP contribution in [-0.2, 0) is 19.2 Å². The molecular weight excluding hydrogens is 252 g/mol. The number of hydrogen-bond acceptors (Lipinski definition) is 6. The molecule has 0 bridgehead atoms. The average Bonchev–Trinajstić information content (AvgIpc) is 2.38. The predicted octanol–water partition coefficient (Wildman–Crippen LogP) is -2.59. The van der Waals surface area contributed by atoms with E-state index in [1.54, 1.807) is 0 Å². The second-order valence-electron chi connectivity index (χ2n) is 4.32. The minimum atomic E-state index is -0.920. The predicted molar refractivity (Wildman–Crippen MR) is 65.8 cm³/mol. The molecule has 1 saturated heterocycles. The van der Waals surface area contributed by atoms with Crippen LogP contribution in [0, 0.1) is 0 Å². The molecule has 19 heavy (non-hydrogen) atoms. The molecule has 0 aromatic heterocycles. The molecule has 1 rings (SSSR count). The van der Waals surface area contributed by atoms with Gasteiger partial charge in [0.25, 0.3) is 0 Å². The highest BCUT2D eigenvalue weighted by Crippen LogP contribution is 1.97. The van der Waals surface area contributed by atoms with Crippen LogP contribution < -0.4 is 21.7 Å². The van der Waals surface area contributed by atoms with Crippen LogP contribution in [0.15, 0.2) is 0 Å². The van der Waals surface area contributed by atoms with Crippen LogP contribution in [0.1, 0.15) is 19.3 Å². The molecule has 2 unspecified atom stereocenters. The molecule has 8 nitrogen and oxygen atoms in total. The molecule has 0 aromatic rings. The fraction of sp³-hybridized carbons (Fsp3) is 0.636. The molecule has 2 amide bonds. The lowest BCUT2D eigenvalue weighted by molar-refractivity contribution is -0.126. The maximum absolute atomic E-state index is 11.6. The summed E-state index contributed by atoms with van der Waals surface area (Å²) in [7, 11) is 0. The van der Waals surface area contributed by atoms with Crippen molar-refractivity contribution in [2.45, 2.75) is 31.3 Å². The summed E-state index contributed by atoms with van der Waals surface area (Å²) in [4.78, 5) is 45.2. The van der Waals surface area contributed by atoms with Gasteiger partial charge in [0, 0.05) is 12.8 Å². The zero-order chi connectivity index (χ0) is 14.3. The van der Waals surface area contributed by atoms with Gasteiger partial charge in [-0.05, 0) is 6.42 Å². The Balaban J connectivity index is 2.65. The van der Waals surface area contributed by atoms with E-state index in [1.165, 1.54) is 0 Å². The fourth-order valence-corrected chi connectivity index (χ4v) is 1.58. The first-order chi connectivity index (χ1) is 9.02. The van der Waals surface area contributed by atoms with Gasteiger partial charge in [-0.3, -0.25) is 14.4 Å². The van der Waals surface area contributed by atoms with E-state index in [-0.39, 0.29) is 44.2 Å². The van der Waals surface area contributed by atoms with Crippen molar-refractivity contribution in [2.75, 3.05) is 13.2 Å². The second kappa shape index (κ2) is 7.59. The highest BCUT2D eigenvalue weighted by atomic mass is 16.2. The molecule has 0 radical (unpaired) electrons. The molecule has 0 aromatic carbocycles. The number of aldehydes is 1. The summed E-state index contributed by atoms with van der Waals surface area (Å²) in [6.07, 6.45) is 0.912. The van der Waals surface area contributed by atoms with Crippen molar-refractivity contribution in [1.29, 1.82) is 0 Å². The van der Waals surface area contributed by atoms with Gasteiger partial charge in [0.2, 0.25) is 11.8 Å². The molecule has 0 aliphatic carbocycles. The largest absolute Gasteiger partial charge is 0.339 e. The topological polar surface area (TPSA) is 130 Å². The Bertz CT molecular complexity index is 372. The highest BCUT2D eigenvalue weighted by Gasteiger charge is 2.19. The number of carbonyl (C=O) groups excluding carboxylic acids is 4. The summed E-state index contributed by atoms with van der Waals surface area (Å²) in [6.45, 7) is -0.114. The zero-order valence-electron chi connectivity index (χ0n) is 10.5. The number of hydrogen-bond donors (Lipinski definition) is 4. The van der Waals surface area contributed by atoms with Crippen molar-refractivity contribution >= 4 is 23.9 Å². The lowest BCUT2D eigenvalue weighted by Crippen LogP contribution is -2.44. The van der Waals surface area contributed by atoms with Crippen LogP contribution >= 0.6 is 0 Å². The minimum absolute atomic E-state index is 0.0161. The fourth-order valence-electron chi connectivity index (χ4n) is 1.58. The Morgan fingerprint density at radius 1 is 1.16 bits per heavy atom. The standard InChI is InChI=1S/C11H18N4O4/c12-8-3-11(19)15-6-14-10(18)2-1-7(5-16)13-4-9(8)17/h5,7-8,13H,1-4,6,12H2,(H,14,18)(H,15,19). The smallest absolute Gasteiger partial charge is 0.223 e. The van der Waals surface area contributed by atoms with Gasteiger partial charge in [0.15, 0.2) is 5.78 Å². The van der Waals surface area contributed by atoms with Crippen molar-refractivity contribution in [3.8, 4) is 0 Å². The molecule has 1 aliphatic heterocycles. The van der Waals surface area contributed by atoms with Crippen LogP contribution in [0.5, 0.6) is 0 Å². The van der Waals surface area contributed by atoms with Crippen LogP contribution in [0.25, 0.3) is 0 Å². The first kappa shape index (κ1) is 15.3. The van der Waals surface area contributed by atoms with E-state index in [0.29, 0.717) is 6.29 Å². The van der Waals surface area contributed by atoms with Crippen molar-refractivity contribution in [3.05, 3.63) is 0 Å². The molecule has 0 spiro atoms. The summed E-state index contributed by atoms with van der Waals surface area (Å²) in [5.41, 5.74) is 5.58. The van der Waals surface area contributed by atoms with Gasteiger partial charge in [0.1, 0.15) is 6.29 Å². The summed E-state index contributed by atoms with van der Waals surface area (Å²) in [6, 6.07) is -1.50. The van der Waals surface area contributed by atoms with E-state index in [2.05, 4.69) is 16.0 Å². The van der Waals surface area contributed by atoms with Crippen molar-refractivity contribution in [2.24, 2.45) is 5.73 Å². The van der Waals surface area contributed by atoms with Crippen LogP contribution in [0.4, 0.5) is 0 Å². The zero-order valence-corrected chi connectivity index (χ0v) is 10.5. The maximum Gasteiger partial charge on any atom is 0.223 e. The average molecular weight is 270 g/mol. The number of ketones is 1. The number of carbonyl (C=O) groups is 4. The van der Waals surface area contributed by atoms with Gasteiger partial charge in [-0.15, -0.1) is 0 Å². The first-order valence-electron chi connectivity index (χ1n) is 6.03. The Morgan fingerprint density at radius 3 is 2.53 bits per heavy atom. The second-order valence-corrected chi connectivity index (χ2v) is 4.32. The summed E-state index contributed by atoms with van der Waals surface area (Å²) in [5.74, 6) is -1.03. The summed E-state index contributed by atoms with van der Waals surface area (Å²) < 4.78 is 0. The quantitative estimate of drug-likeness (QED) is 0.387. The highest BCUT2D eigenvalue weighted by molar-refractivity contribution is 5.91. The summed E-state index contributed by atoms with van der Waals surface area (Å²) >= 11 is 0. The third kappa shape index (κ3) is 5.58. The number of Topliss-reactive ketones (excluding diaryl/α,β-unsaturated/α-hetero) is 1. The Morgan fingerprint density at radius 2 is 1.84 bits per heavy atom. The first-order valence-corrected chi connectivity index (χ1v) is 6.03. The molecule has 0 saturated carbocycles. The van der Waals surface area contributed by atoms with Gasteiger partial charge in [-0.2, -0.15) is 0 Å². The molecule has 1 heterocycles. The van der Waals surface area contributed by atoms with Crippen LogP contribution in [0.2, 0.25) is 0 Å². The number of nitrogens with two attached hydrogens (primary N) is 1. The molecule has 2 atom stereocenters. The van der Waals surface area contributed by atoms with E-state index in [0.717, 1.165) is 0 Å². The van der Waals surface area contributed by atoms with Gasteiger partial charge in [-0.25, -0.2) is 0 Å². The number of nitrogens with one attached hydrogen (secondary N) is 3. The third-order valence-corrected chi connectivity index (χ3v) is 2.78. The van der Waals surface area contributed by atoms with Gasteiger partial charge in [0.05, 0.1) is 25.3 Å². The number of rotatable bonds is 1. The van der Waals surface area contributed by atoms with Crippen molar-refractivity contribution in [1.82, 2.24) is 16.0 Å². The van der Waals surface area contributed by atoms with E-state index in [9.17, 15) is 19.2 Å². The van der Waals surface area contributed by atoms with Gasteiger partial charge in [-0.1, -0.05) is 0 Å². The van der Waals surface area contributed by atoms with Gasteiger partial charge < -0.3 is 26.5 Å². The molecule has 1 aliphatic rings. The van der Waals surface area contributed by atoms with Crippen LogP contribution in [-0.4, -0.2) is 49.2 Å². The summed E-state index contributed by atoms with van der Waals surface area (Å²) in [5, 5.41) is 7.63. The Kier molecular flexibility index (Phi) is 6.10. The minimum Gasteiger partial charge on any atom is -0.339 e. The maximum atomic E-state index is 11.6. The molecule has 8 heteroatoms. The van der Waals surface area contributed by atoms with E-state index < -0.39 is 18.0 Å². The lowest BCUT2D eigenvalue weighted by Gasteiger charge is -2.13. The molecular formula is C11H18N4O4. The van der Waals surface area contributed by atoms with Crippen molar-refractivity contribution in [3.63, 3.8) is 0 Å². The number of amides is 2.